The van der Waals surface area contributed by atoms with Crippen LogP contribution in [0.3, 0.4) is 0 Å². The smallest absolute Gasteiger partial charge is 0.335 e. The van der Waals surface area contributed by atoms with Crippen molar-refractivity contribution in [1.82, 2.24) is 20.1 Å². The van der Waals surface area contributed by atoms with Gasteiger partial charge in [-0.3, -0.25) is 0 Å². The number of aromatic nitrogens is 3. The molecule has 0 saturated carbocycles. The maximum absolute atomic E-state index is 11.7. The number of nitrogens with zero attached hydrogens (tertiary/aromatic N) is 3. The maximum Gasteiger partial charge on any atom is 0.335 e. The van der Waals surface area contributed by atoms with E-state index in [0.29, 0.717) is 18.7 Å². The molecule has 8 heteroatoms. The number of rotatable bonds is 5. The molecule has 3 N–H and O–H groups in total. The van der Waals surface area contributed by atoms with Gasteiger partial charge in [-0.2, -0.15) is 0 Å². The van der Waals surface area contributed by atoms with Crippen molar-refractivity contribution in [3.63, 3.8) is 0 Å². The molecule has 0 fully saturated rings. The van der Waals surface area contributed by atoms with Crippen LogP contribution in [-0.2, 0) is 13.5 Å². The van der Waals surface area contributed by atoms with E-state index in [1.807, 2.05) is 7.05 Å². The molecule has 0 aliphatic carbocycles. The van der Waals surface area contributed by atoms with Gasteiger partial charge in [-0.15, -0.1) is 10.2 Å². The highest BCUT2D eigenvalue weighted by Gasteiger charge is 2.06. The number of carboxylic acid groups (broad SMARTS) is 1. The number of carboxylic acids is 1. The number of urea groups is 1. The molecule has 1 aromatic carbocycles. The monoisotopic (exact) mass is 289 g/mol. The van der Waals surface area contributed by atoms with Gasteiger partial charge >= 0.3 is 12.0 Å². The summed E-state index contributed by atoms with van der Waals surface area (Å²) in [5.41, 5.74) is 0.540. The maximum atomic E-state index is 11.7. The Morgan fingerprint density at radius 2 is 2.19 bits per heavy atom. The summed E-state index contributed by atoms with van der Waals surface area (Å²) in [4.78, 5) is 22.5. The van der Waals surface area contributed by atoms with Gasteiger partial charge in [0.2, 0.25) is 0 Å². The number of aryl methyl sites for hydroxylation is 1. The molecule has 1 heterocycles. The van der Waals surface area contributed by atoms with Gasteiger partial charge in [0.1, 0.15) is 12.2 Å². The Balaban J connectivity index is 1.83. The lowest BCUT2D eigenvalue weighted by atomic mass is 10.2. The second kappa shape index (κ2) is 6.51. The zero-order chi connectivity index (χ0) is 15.2. The summed E-state index contributed by atoms with van der Waals surface area (Å²) in [7, 11) is 1.83. The fraction of sp³-hybridized carbons (Fsp3) is 0.231. The summed E-state index contributed by atoms with van der Waals surface area (Å²) in [6.45, 7) is 0.400. The number of carbonyl (C=O) groups is 2. The molecule has 110 valence electrons. The average molecular weight is 289 g/mol. The molecule has 2 amide bonds. The molecule has 21 heavy (non-hydrogen) atoms. The van der Waals surface area contributed by atoms with Crippen molar-refractivity contribution in [3.05, 3.63) is 42.0 Å². The van der Waals surface area contributed by atoms with Crippen LogP contribution in [0.5, 0.6) is 0 Å². The Hall–Kier alpha value is -2.90. The fourth-order valence-electron chi connectivity index (χ4n) is 1.73. The minimum atomic E-state index is -1.04. The van der Waals surface area contributed by atoms with Crippen LogP contribution in [-0.4, -0.2) is 38.4 Å². The minimum absolute atomic E-state index is 0.117. The molecule has 0 saturated heterocycles. The Labute approximate surface area is 120 Å². The van der Waals surface area contributed by atoms with E-state index < -0.39 is 12.0 Å². The molecule has 0 aliphatic heterocycles. The first-order chi connectivity index (χ1) is 10.1. The van der Waals surface area contributed by atoms with Gasteiger partial charge < -0.3 is 20.3 Å². The number of benzene rings is 1. The molecule has 0 bridgehead atoms. The lowest BCUT2D eigenvalue weighted by Gasteiger charge is -2.08. The molecule has 2 rings (SSSR count). The van der Waals surface area contributed by atoms with Crippen LogP contribution in [0.1, 0.15) is 16.2 Å². The first kappa shape index (κ1) is 14.5. The topological polar surface area (TPSA) is 109 Å². The second-order valence-electron chi connectivity index (χ2n) is 4.37. The van der Waals surface area contributed by atoms with Crippen molar-refractivity contribution >= 4 is 17.7 Å². The van der Waals surface area contributed by atoms with Crippen molar-refractivity contribution in [2.24, 2.45) is 7.05 Å². The van der Waals surface area contributed by atoms with Gasteiger partial charge in [-0.1, -0.05) is 6.07 Å². The molecule has 0 aliphatic rings. The zero-order valence-corrected chi connectivity index (χ0v) is 11.4. The number of hydrogen-bond acceptors (Lipinski definition) is 4. The summed E-state index contributed by atoms with van der Waals surface area (Å²) < 4.78 is 1.77. The number of aromatic carboxylic acids is 1. The lowest BCUT2D eigenvalue weighted by molar-refractivity contribution is 0.0697. The molecule has 0 atom stereocenters. The highest BCUT2D eigenvalue weighted by Crippen LogP contribution is 2.10. The minimum Gasteiger partial charge on any atom is -0.478 e. The second-order valence-corrected chi connectivity index (χ2v) is 4.37. The highest BCUT2D eigenvalue weighted by molar-refractivity contribution is 5.93. The van der Waals surface area contributed by atoms with Crippen molar-refractivity contribution in [2.75, 3.05) is 11.9 Å². The Kier molecular flexibility index (Phi) is 4.50. The van der Waals surface area contributed by atoms with Gasteiger partial charge in [0.15, 0.2) is 0 Å². The van der Waals surface area contributed by atoms with Crippen LogP contribution in [0.15, 0.2) is 30.6 Å². The third-order valence-electron chi connectivity index (χ3n) is 2.81. The van der Waals surface area contributed by atoms with E-state index in [1.165, 1.54) is 12.1 Å². The third kappa shape index (κ3) is 4.03. The molecular formula is C13H15N5O3. The molecule has 2 aromatic rings. The van der Waals surface area contributed by atoms with Crippen LogP contribution >= 0.6 is 0 Å². The van der Waals surface area contributed by atoms with E-state index in [4.69, 9.17) is 5.11 Å². The first-order valence-corrected chi connectivity index (χ1v) is 6.27. The van der Waals surface area contributed by atoms with E-state index in [2.05, 4.69) is 20.8 Å². The van der Waals surface area contributed by atoms with Gasteiger partial charge in [-0.05, 0) is 18.2 Å². The fourth-order valence-corrected chi connectivity index (χ4v) is 1.73. The Morgan fingerprint density at radius 3 is 2.86 bits per heavy atom. The average Bonchev–Trinajstić information content (AvgIpc) is 2.85. The van der Waals surface area contributed by atoms with Gasteiger partial charge in [0, 0.05) is 25.7 Å². The van der Waals surface area contributed by atoms with Gasteiger partial charge in [-0.25, -0.2) is 9.59 Å². The van der Waals surface area contributed by atoms with Crippen LogP contribution in [0.4, 0.5) is 10.5 Å². The van der Waals surface area contributed by atoms with Crippen LogP contribution in [0.25, 0.3) is 0 Å². The summed E-state index contributed by atoms with van der Waals surface area (Å²) in [6.07, 6.45) is 2.14. The molecule has 0 unspecified atom stereocenters. The molecule has 0 spiro atoms. The van der Waals surface area contributed by atoms with E-state index >= 15 is 0 Å². The number of hydrogen-bond donors (Lipinski definition) is 3. The van der Waals surface area contributed by atoms with Gasteiger partial charge in [0.25, 0.3) is 0 Å². The van der Waals surface area contributed by atoms with Gasteiger partial charge in [0.05, 0.1) is 5.56 Å². The quantitative estimate of drug-likeness (QED) is 0.757. The highest BCUT2D eigenvalue weighted by atomic mass is 16.4. The standard InChI is InChI=1S/C13H15N5O3/c1-18-8-15-17-11(18)5-6-14-13(21)16-10-4-2-3-9(7-10)12(19)20/h2-4,7-8H,5-6H2,1H3,(H,19,20)(H2,14,16,21). The number of carbonyl (C=O) groups excluding carboxylic acids is 1. The van der Waals surface area contributed by atoms with E-state index in [0.717, 1.165) is 5.82 Å². The van der Waals surface area contributed by atoms with Crippen LogP contribution in [0, 0.1) is 0 Å². The van der Waals surface area contributed by atoms with E-state index in [1.54, 1.807) is 23.0 Å². The third-order valence-corrected chi connectivity index (χ3v) is 2.81. The summed E-state index contributed by atoms with van der Waals surface area (Å²) in [5.74, 6) is -0.274. The van der Waals surface area contributed by atoms with Crippen LogP contribution < -0.4 is 10.6 Å². The van der Waals surface area contributed by atoms with E-state index in [9.17, 15) is 9.59 Å². The molecule has 8 nitrogen and oxygen atoms in total. The van der Waals surface area contributed by atoms with Crippen molar-refractivity contribution in [2.45, 2.75) is 6.42 Å². The van der Waals surface area contributed by atoms with E-state index in [-0.39, 0.29) is 5.56 Å². The van der Waals surface area contributed by atoms with Crippen LogP contribution in [0.2, 0.25) is 0 Å². The summed E-state index contributed by atoms with van der Waals surface area (Å²) >= 11 is 0. The van der Waals surface area contributed by atoms with Crippen molar-refractivity contribution in [3.8, 4) is 0 Å². The Morgan fingerprint density at radius 1 is 1.38 bits per heavy atom. The number of anilines is 1. The number of amides is 2. The first-order valence-electron chi connectivity index (χ1n) is 6.27. The summed E-state index contributed by atoms with van der Waals surface area (Å²) in [6, 6.07) is 5.64. The normalized spacial score (nSPS) is 10.1. The number of nitrogens with one attached hydrogen (secondary N) is 2. The predicted octanol–water partition coefficient (Wildman–Crippen LogP) is 0.877. The lowest BCUT2D eigenvalue weighted by Crippen LogP contribution is -2.30. The molecule has 0 radical (unpaired) electrons. The molecule has 1 aromatic heterocycles. The zero-order valence-electron chi connectivity index (χ0n) is 11.4. The predicted molar refractivity (Wildman–Crippen MR) is 75.1 cm³/mol. The van der Waals surface area contributed by atoms with Crippen molar-refractivity contribution in [1.29, 1.82) is 0 Å². The SMILES string of the molecule is Cn1cnnc1CCNC(=O)Nc1cccc(C(=O)O)c1. The Bertz CT molecular complexity index is 653. The summed E-state index contributed by atoms with van der Waals surface area (Å²) in [5, 5.41) is 21.8. The molecular weight excluding hydrogens is 274 g/mol. The largest absolute Gasteiger partial charge is 0.478 e. The van der Waals surface area contributed by atoms with Crippen molar-refractivity contribution < 1.29 is 14.7 Å².